The summed E-state index contributed by atoms with van der Waals surface area (Å²) >= 11 is 9.13. The minimum Gasteiger partial charge on any atom is -0.494 e. The van der Waals surface area contributed by atoms with E-state index in [4.69, 9.17) is 21.4 Å². The van der Waals surface area contributed by atoms with Crippen LogP contribution in [0.15, 0.2) is 21.5 Å². The average Bonchev–Trinajstić information content (AvgIpc) is 2.42. The lowest BCUT2D eigenvalue weighted by molar-refractivity contribution is 0.228. The van der Waals surface area contributed by atoms with Gasteiger partial charge in [-0.25, -0.2) is 13.1 Å². The minimum atomic E-state index is -3.70. The van der Waals surface area contributed by atoms with Crippen molar-refractivity contribution >= 4 is 37.6 Å². The Kier molecular flexibility index (Phi) is 7.42. The molecule has 0 heterocycles. The zero-order chi connectivity index (χ0) is 16.0. The molecule has 5 nitrogen and oxygen atoms in total. The van der Waals surface area contributed by atoms with Crippen molar-refractivity contribution in [2.45, 2.75) is 24.7 Å². The third kappa shape index (κ3) is 5.41. The quantitative estimate of drug-likeness (QED) is 0.658. The molecule has 0 amide bonds. The molecule has 1 aromatic rings. The summed E-state index contributed by atoms with van der Waals surface area (Å²) in [6.45, 7) is 2.30. The molecule has 1 aromatic carbocycles. The molecule has 0 radical (unpaired) electrons. The van der Waals surface area contributed by atoms with Crippen LogP contribution in [-0.2, 0) is 10.0 Å². The first kappa shape index (κ1) is 18.7. The molecule has 0 aliphatic rings. The van der Waals surface area contributed by atoms with Crippen LogP contribution in [0.2, 0.25) is 5.02 Å². The van der Waals surface area contributed by atoms with Crippen molar-refractivity contribution in [1.29, 1.82) is 0 Å². The first-order chi connectivity index (χ1) is 9.81. The van der Waals surface area contributed by atoms with Gasteiger partial charge in [-0.1, -0.05) is 18.5 Å². The zero-order valence-corrected chi connectivity index (χ0v) is 15.1. The predicted octanol–water partition coefficient (Wildman–Crippen LogP) is 2.80. The summed E-state index contributed by atoms with van der Waals surface area (Å²) in [5, 5.41) is 9.23. The molecule has 0 aromatic heterocycles. The molecule has 8 heteroatoms. The van der Waals surface area contributed by atoms with E-state index in [1.54, 1.807) is 6.07 Å². The van der Waals surface area contributed by atoms with E-state index in [1.165, 1.54) is 13.2 Å². The summed E-state index contributed by atoms with van der Waals surface area (Å²) in [5.41, 5.74) is 0. The van der Waals surface area contributed by atoms with Gasteiger partial charge >= 0.3 is 0 Å². The van der Waals surface area contributed by atoms with E-state index >= 15 is 0 Å². The molecule has 0 fully saturated rings. The number of hydrogen-bond donors (Lipinski definition) is 2. The fourth-order valence-corrected chi connectivity index (χ4v) is 4.22. The van der Waals surface area contributed by atoms with Gasteiger partial charge in [0.15, 0.2) is 5.75 Å². The van der Waals surface area contributed by atoms with Crippen LogP contribution in [0.3, 0.4) is 0 Å². The molecular weight excluding hydrogens is 382 g/mol. The highest BCUT2D eigenvalue weighted by molar-refractivity contribution is 9.10. The Morgan fingerprint density at radius 2 is 2.14 bits per heavy atom. The summed E-state index contributed by atoms with van der Waals surface area (Å²) in [5.74, 6) is 0.375. The molecule has 1 atom stereocenters. The van der Waals surface area contributed by atoms with E-state index in [-0.39, 0.29) is 23.2 Å². The van der Waals surface area contributed by atoms with Crippen LogP contribution in [0.5, 0.6) is 5.75 Å². The number of aliphatic hydroxyl groups excluding tert-OH is 1. The average molecular weight is 401 g/mol. The number of ether oxygens (including phenoxy) is 1. The monoisotopic (exact) mass is 399 g/mol. The Morgan fingerprint density at radius 3 is 2.71 bits per heavy atom. The van der Waals surface area contributed by atoms with E-state index in [0.717, 1.165) is 6.42 Å². The van der Waals surface area contributed by atoms with Gasteiger partial charge in [0.1, 0.15) is 4.90 Å². The predicted molar refractivity (Wildman–Crippen MR) is 86.4 cm³/mol. The van der Waals surface area contributed by atoms with Crippen molar-refractivity contribution in [2.24, 2.45) is 5.92 Å². The molecule has 0 aliphatic carbocycles. The first-order valence-corrected chi connectivity index (χ1v) is 9.10. The number of benzene rings is 1. The highest BCUT2D eigenvalue weighted by Crippen LogP contribution is 2.35. The van der Waals surface area contributed by atoms with Crippen molar-refractivity contribution < 1.29 is 18.3 Å². The van der Waals surface area contributed by atoms with Crippen LogP contribution in [0.25, 0.3) is 0 Å². The third-order valence-corrected chi connectivity index (χ3v) is 5.22. The highest BCUT2D eigenvalue weighted by Gasteiger charge is 2.22. The summed E-state index contributed by atoms with van der Waals surface area (Å²) < 4.78 is 32.7. The molecule has 0 spiro atoms. The molecule has 0 saturated heterocycles. The Bertz CT molecular complexity index is 580. The SMILES string of the molecule is COc1c(Br)cc(Cl)cc1S(=O)(=O)NCCCC(C)CO. The number of halogens is 2. The van der Waals surface area contributed by atoms with Gasteiger partial charge < -0.3 is 9.84 Å². The Balaban J connectivity index is 2.83. The second-order valence-electron chi connectivity index (χ2n) is 4.75. The molecule has 0 aliphatic heterocycles. The van der Waals surface area contributed by atoms with Crippen LogP contribution >= 0.6 is 27.5 Å². The van der Waals surface area contributed by atoms with E-state index in [9.17, 15) is 8.42 Å². The Labute approximate surface area is 138 Å². The smallest absolute Gasteiger partial charge is 0.244 e. The van der Waals surface area contributed by atoms with Crippen molar-refractivity contribution in [2.75, 3.05) is 20.3 Å². The zero-order valence-electron chi connectivity index (χ0n) is 11.9. The van der Waals surface area contributed by atoms with E-state index < -0.39 is 10.0 Å². The number of nitrogens with one attached hydrogen (secondary N) is 1. The molecule has 2 N–H and O–H groups in total. The van der Waals surface area contributed by atoms with Gasteiger partial charge in [0.05, 0.1) is 11.6 Å². The minimum absolute atomic E-state index is 0.000387. The summed E-state index contributed by atoms with van der Waals surface area (Å²) in [4.78, 5) is -0.000387. The Hall–Kier alpha value is -0.340. The van der Waals surface area contributed by atoms with Crippen LogP contribution in [0, 0.1) is 5.92 Å². The normalized spacial score (nSPS) is 13.2. The number of rotatable bonds is 8. The molecule has 0 saturated carbocycles. The van der Waals surface area contributed by atoms with Gasteiger partial charge in [-0.15, -0.1) is 0 Å². The van der Waals surface area contributed by atoms with Crippen LogP contribution in [0.1, 0.15) is 19.8 Å². The molecule has 120 valence electrons. The van der Waals surface area contributed by atoms with Gasteiger partial charge in [0.2, 0.25) is 10.0 Å². The summed E-state index contributed by atoms with van der Waals surface area (Å²) in [7, 11) is -2.31. The van der Waals surface area contributed by atoms with Crippen LogP contribution in [-0.4, -0.2) is 33.8 Å². The van der Waals surface area contributed by atoms with Crippen molar-refractivity contribution in [3.63, 3.8) is 0 Å². The third-order valence-electron chi connectivity index (χ3n) is 2.95. The van der Waals surface area contributed by atoms with Gasteiger partial charge in [-0.2, -0.15) is 0 Å². The second-order valence-corrected chi connectivity index (χ2v) is 7.77. The molecule has 0 bridgehead atoms. The van der Waals surface area contributed by atoms with Crippen molar-refractivity contribution in [3.05, 3.63) is 21.6 Å². The number of hydrogen-bond acceptors (Lipinski definition) is 4. The highest BCUT2D eigenvalue weighted by atomic mass is 79.9. The number of sulfonamides is 1. The first-order valence-electron chi connectivity index (χ1n) is 6.45. The van der Waals surface area contributed by atoms with Crippen molar-refractivity contribution in [3.8, 4) is 5.75 Å². The lowest BCUT2D eigenvalue weighted by Gasteiger charge is -2.13. The van der Waals surface area contributed by atoms with Crippen LogP contribution < -0.4 is 9.46 Å². The largest absolute Gasteiger partial charge is 0.494 e. The van der Waals surface area contributed by atoms with E-state index in [0.29, 0.717) is 22.5 Å². The summed E-state index contributed by atoms with van der Waals surface area (Å²) in [6.07, 6.45) is 1.39. The molecule has 21 heavy (non-hydrogen) atoms. The van der Waals surface area contributed by atoms with Gasteiger partial charge in [0.25, 0.3) is 0 Å². The maximum absolute atomic E-state index is 12.3. The fourth-order valence-electron chi connectivity index (χ4n) is 1.76. The number of methoxy groups -OCH3 is 1. The molecule has 1 rings (SSSR count). The molecule has 1 unspecified atom stereocenters. The lowest BCUT2D eigenvalue weighted by Crippen LogP contribution is -2.25. The van der Waals surface area contributed by atoms with Gasteiger partial charge in [0, 0.05) is 18.2 Å². The molecular formula is C13H19BrClNO4S. The Morgan fingerprint density at radius 1 is 1.48 bits per heavy atom. The van der Waals surface area contributed by atoms with E-state index in [2.05, 4.69) is 20.7 Å². The number of aliphatic hydroxyl groups is 1. The topological polar surface area (TPSA) is 75.6 Å². The van der Waals surface area contributed by atoms with Gasteiger partial charge in [-0.05, 0) is 46.8 Å². The van der Waals surface area contributed by atoms with Gasteiger partial charge in [-0.3, -0.25) is 0 Å². The maximum Gasteiger partial charge on any atom is 0.244 e. The van der Waals surface area contributed by atoms with E-state index in [1.807, 2.05) is 6.92 Å². The fraction of sp³-hybridized carbons (Fsp3) is 0.538. The second kappa shape index (κ2) is 8.33. The maximum atomic E-state index is 12.3. The van der Waals surface area contributed by atoms with Crippen molar-refractivity contribution in [1.82, 2.24) is 4.72 Å². The standard InChI is InChI=1S/C13H19BrClNO4S/c1-9(8-17)4-3-5-16-21(18,19)12-7-10(15)6-11(14)13(12)20-2/h6-7,9,16-17H,3-5,8H2,1-2H3. The lowest BCUT2D eigenvalue weighted by atomic mass is 10.1. The van der Waals surface area contributed by atoms with Crippen LogP contribution in [0.4, 0.5) is 0 Å². The summed E-state index contributed by atoms with van der Waals surface area (Å²) in [6, 6.07) is 2.92.